The van der Waals surface area contributed by atoms with Crippen LogP contribution in [0.25, 0.3) is 0 Å². The lowest BCUT2D eigenvalue weighted by molar-refractivity contribution is -0.120. The van der Waals surface area contributed by atoms with Crippen LogP contribution in [0.5, 0.6) is 11.6 Å². The van der Waals surface area contributed by atoms with Gasteiger partial charge in [0.15, 0.2) is 11.6 Å². The topological polar surface area (TPSA) is 60.5 Å². The Hall–Kier alpha value is -2.63. The number of nitrogens with one attached hydrogen (secondary N) is 1. The molecule has 0 atom stereocenters. The van der Waals surface area contributed by atoms with Gasteiger partial charge < -0.3 is 14.8 Å². The normalized spacial score (nSPS) is 10.5. The SMILES string of the molecule is COc1ccc(CC(=O)NCc2ccc(OC(C)C)nc2)cc1F. The van der Waals surface area contributed by atoms with Gasteiger partial charge in [-0.2, -0.15) is 0 Å². The molecule has 0 fully saturated rings. The molecule has 0 saturated carbocycles. The highest BCUT2D eigenvalue weighted by Gasteiger charge is 2.08. The van der Waals surface area contributed by atoms with Crippen molar-refractivity contribution in [3.05, 3.63) is 53.5 Å². The predicted octanol–water partition coefficient (Wildman–Crippen LogP) is 2.88. The predicted molar refractivity (Wildman–Crippen MR) is 88.5 cm³/mol. The summed E-state index contributed by atoms with van der Waals surface area (Å²) in [4.78, 5) is 16.1. The van der Waals surface area contributed by atoms with E-state index in [0.717, 1.165) is 5.56 Å². The number of amides is 1. The second kappa shape index (κ2) is 8.29. The molecule has 2 rings (SSSR count). The van der Waals surface area contributed by atoms with E-state index in [0.29, 0.717) is 18.0 Å². The average Bonchev–Trinajstić information content (AvgIpc) is 2.54. The van der Waals surface area contributed by atoms with Gasteiger partial charge in [-0.15, -0.1) is 0 Å². The Kier molecular flexibility index (Phi) is 6.12. The van der Waals surface area contributed by atoms with Gasteiger partial charge in [0.1, 0.15) is 0 Å². The van der Waals surface area contributed by atoms with Crippen LogP contribution in [0, 0.1) is 5.82 Å². The van der Waals surface area contributed by atoms with Gasteiger partial charge in [0.05, 0.1) is 19.6 Å². The minimum Gasteiger partial charge on any atom is -0.494 e. The van der Waals surface area contributed by atoms with Gasteiger partial charge in [0.25, 0.3) is 0 Å². The largest absolute Gasteiger partial charge is 0.494 e. The molecule has 0 aliphatic carbocycles. The van der Waals surface area contributed by atoms with E-state index in [-0.39, 0.29) is 24.2 Å². The lowest BCUT2D eigenvalue weighted by Crippen LogP contribution is -2.24. The van der Waals surface area contributed by atoms with E-state index in [1.165, 1.54) is 19.2 Å². The number of carbonyl (C=O) groups excluding carboxylic acids is 1. The van der Waals surface area contributed by atoms with Gasteiger partial charge in [-0.25, -0.2) is 9.37 Å². The fourth-order valence-electron chi connectivity index (χ4n) is 2.10. The van der Waals surface area contributed by atoms with Crippen LogP contribution >= 0.6 is 0 Å². The molecule has 0 unspecified atom stereocenters. The molecule has 0 aliphatic rings. The molecular formula is C18H21FN2O3. The Balaban J connectivity index is 1.85. The first kappa shape index (κ1) is 17.7. The molecule has 2 aromatic rings. The van der Waals surface area contributed by atoms with Crippen LogP contribution in [-0.2, 0) is 17.8 Å². The molecule has 0 bridgehead atoms. The second-order valence-corrected chi connectivity index (χ2v) is 5.59. The van der Waals surface area contributed by atoms with Crippen molar-refractivity contribution in [1.82, 2.24) is 10.3 Å². The number of pyridine rings is 1. The maximum Gasteiger partial charge on any atom is 0.224 e. The molecule has 0 spiro atoms. The van der Waals surface area contributed by atoms with E-state index in [4.69, 9.17) is 9.47 Å². The number of carbonyl (C=O) groups is 1. The molecule has 0 aliphatic heterocycles. The maximum absolute atomic E-state index is 13.6. The first-order valence-electron chi connectivity index (χ1n) is 7.68. The zero-order valence-corrected chi connectivity index (χ0v) is 14.0. The molecule has 1 N–H and O–H groups in total. The minimum atomic E-state index is -0.479. The van der Waals surface area contributed by atoms with Gasteiger partial charge in [-0.3, -0.25) is 4.79 Å². The summed E-state index contributed by atoms with van der Waals surface area (Å²) in [6, 6.07) is 8.09. The van der Waals surface area contributed by atoms with E-state index < -0.39 is 5.82 Å². The number of rotatable bonds is 7. The average molecular weight is 332 g/mol. The molecule has 6 heteroatoms. The standard InChI is InChI=1S/C18H21FN2O3/c1-12(2)24-18-7-5-14(11-21-18)10-20-17(22)9-13-4-6-16(23-3)15(19)8-13/h4-8,11-12H,9-10H2,1-3H3,(H,20,22). The number of nitrogens with zero attached hydrogens (tertiary/aromatic N) is 1. The van der Waals surface area contributed by atoms with Crippen molar-refractivity contribution in [2.24, 2.45) is 0 Å². The highest BCUT2D eigenvalue weighted by Crippen LogP contribution is 2.18. The van der Waals surface area contributed by atoms with E-state index >= 15 is 0 Å². The van der Waals surface area contributed by atoms with Crippen molar-refractivity contribution in [2.75, 3.05) is 7.11 Å². The Morgan fingerprint density at radius 2 is 2.00 bits per heavy atom. The molecular weight excluding hydrogens is 311 g/mol. The van der Waals surface area contributed by atoms with E-state index in [1.54, 1.807) is 18.3 Å². The summed E-state index contributed by atoms with van der Waals surface area (Å²) in [7, 11) is 1.40. The lowest BCUT2D eigenvalue weighted by Gasteiger charge is -2.09. The summed E-state index contributed by atoms with van der Waals surface area (Å²) >= 11 is 0. The zero-order valence-electron chi connectivity index (χ0n) is 14.0. The summed E-state index contributed by atoms with van der Waals surface area (Å²) in [6.45, 7) is 4.21. The van der Waals surface area contributed by atoms with Crippen LogP contribution in [0.1, 0.15) is 25.0 Å². The molecule has 0 saturated heterocycles. The van der Waals surface area contributed by atoms with Gasteiger partial charge in [0.2, 0.25) is 11.8 Å². The fourth-order valence-corrected chi connectivity index (χ4v) is 2.10. The van der Waals surface area contributed by atoms with Gasteiger partial charge in [-0.05, 0) is 37.1 Å². The smallest absolute Gasteiger partial charge is 0.224 e. The van der Waals surface area contributed by atoms with Crippen LogP contribution in [0.15, 0.2) is 36.5 Å². The highest BCUT2D eigenvalue weighted by atomic mass is 19.1. The summed E-state index contributed by atoms with van der Waals surface area (Å²) in [6.07, 6.45) is 1.82. The Bertz CT molecular complexity index is 687. The van der Waals surface area contributed by atoms with Gasteiger partial charge in [0, 0.05) is 18.8 Å². The minimum absolute atomic E-state index is 0.0629. The van der Waals surface area contributed by atoms with Crippen LogP contribution in [0.4, 0.5) is 4.39 Å². The number of hydrogen-bond donors (Lipinski definition) is 1. The van der Waals surface area contributed by atoms with Crippen LogP contribution in [0.3, 0.4) is 0 Å². The van der Waals surface area contributed by atoms with Crippen LogP contribution in [0.2, 0.25) is 0 Å². The molecule has 1 heterocycles. The number of aromatic nitrogens is 1. The third kappa shape index (κ3) is 5.22. The van der Waals surface area contributed by atoms with Crippen molar-refractivity contribution >= 4 is 5.91 Å². The molecule has 1 aromatic carbocycles. The maximum atomic E-state index is 13.6. The molecule has 24 heavy (non-hydrogen) atoms. The number of hydrogen-bond acceptors (Lipinski definition) is 4. The highest BCUT2D eigenvalue weighted by molar-refractivity contribution is 5.78. The number of methoxy groups -OCH3 is 1. The summed E-state index contributed by atoms with van der Waals surface area (Å²) in [5.41, 5.74) is 1.45. The molecule has 0 radical (unpaired) electrons. The van der Waals surface area contributed by atoms with Crippen molar-refractivity contribution < 1.29 is 18.7 Å². The lowest BCUT2D eigenvalue weighted by atomic mass is 10.1. The van der Waals surface area contributed by atoms with E-state index in [9.17, 15) is 9.18 Å². The number of ether oxygens (including phenoxy) is 2. The first-order chi connectivity index (χ1) is 11.5. The van der Waals surface area contributed by atoms with Crippen molar-refractivity contribution in [1.29, 1.82) is 0 Å². The fraction of sp³-hybridized carbons (Fsp3) is 0.333. The summed E-state index contributed by atoms with van der Waals surface area (Å²) in [5, 5.41) is 2.78. The first-order valence-corrected chi connectivity index (χ1v) is 7.68. The molecule has 1 aromatic heterocycles. The third-order valence-electron chi connectivity index (χ3n) is 3.22. The summed E-state index contributed by atoms with van der Waals surface area (Å²) in [5.74, 6) is 0.0394. The second-order valence-electron chi connectivity index (χ2n) is 5.59. The van der Waals surface area contributed by atoms with Gasteiger partial charge in [-0.1, -0.05) is 12.1 Å². The van der Waals surface area contributed by atoms with Crippen molar-refractivity contribution in [3.63, 3.8) is 0 Å². The van der Waals surface area contributed by atoms with E-state index in [1.807, 2.05) is 19.9 Å². The number of benzene rings is 1. The number of halogens is 1. The third-order valence-corrected chi connectivity index (χ3v) is 3.22. The summed E-state index contributed by atoms with van der Waals surface area (Å²) < 4.78 is 23.9. The molecule has 128 valence electrons. The van der Waals surface area contributed by atoms with Gasteiger partial charge >= 0.3 is 0 Å². The van der Waals surface area contributed by atoms with Crippen LogP contribution < -0.4 is 14.8 Å². The molecule has 1 amide bonds. The molecule has 5 nitrogen and oxygen atoms in total. The monoisotopic (exact) mass is 332 g/mol. The Morgan fingerprint density at radius 3 is 2.58 bits per heavy atom. The van der Waals surface area contributed by atoms with Crippen LogP contribution in [-0.4, -0.2) is 24.1 Å². The quantitative estimate of drug-likeness (QED) is 0.847. The Labute approximate surface area is 140 Å². The van der Waals surface area contributed by atoms with Crippen molar-refractivity contribution in [2.45, 2.75) is 32.9 Å². The van der Waals surface area contributed by atoms with Crippen molar-refractivity contribution in [3.8, 4) is 11.6 Å². The zero-order chi connectivity index (χ0) is 17.5. The Morgan fingerprint density at radius 1 is 1.25 bits per heavy atom. The van der Waals surface area contributed by atoms with E-state index in [2.05, 4.69) is 10.3 Å².